The standard InChI is InChI=1S/C25H31BrN2O12/c1-12(29)27-18-19(28-23(33)16-9-7-6-8-10-16)22(26)25(35,24(34)36-5)40-21(18)20(39-15(4)32)17(38-14(3)31)11-37-13(2)30/h6-10,17-22,35H,11H2,1-5H3,(H,27,29)(H,28,33)/t17-,18-,19-,20-,21-,22-,25+/m1/s1. The smallest absolute Gasteiger partial charge is 0.367 e. The summed E-state index contributed by atoms with van der Waals surface area (Å²) in [4.78, 5) is 72.5. The molecule has 2 rings (SSSR count). The molecular weight excluding hydrogens is 600 g/mol. The van der Waals surface area contributed by atoms with Crippen LogP contribution in [-0.4, -0.2) is 95.5 Å². The van der Waals surface area contributed by atoms with E-state index in [4.69, 9.17) is 23.7 Å². The maximum atomic E-state index is 13.2. The quantitative estimate of drug-likeness (QED) is 0.174. The zero-order valence-corrected chi connectivity index (χ0v) is 24.0. The van der Waals surface area contributed by atoms with E-state index in [9.17, 15) is 33.9 Å². The molecule has 0 unspecified atom stereocenters. The number of carbonyl (C=O) groups is 6. The van der Waals surface area contributed by atoms with Gasteiger partial charge >= 0.3 is 23.9 Å². The molecule has 1 aromatic rings. The van der Waals surface area contributed by atoms with Crippen LogP contribution in [0.2, 0.25) is 0 Å². The number of rotatable bonds is 10. The number of esters is 4. The van der Waals surface area contributed by atoms with Gasteiger partial charge < -0.3 is 39.4 Å². The average molecular weight is 631 g/mol. The highest BCUT2D eigenvalue weighted by Gasteiger charge is 2.62. The number of benzene rings is 1. The van der Waals surface area contributed by atoms with Crippen molar-refractivity contribution in [3.05, 3.63) is 35.9 Å². The highest BCUT2D eigenvalue weighted by molar-refractivity contribution is 9.09. The molecule has 1 fully saturated rings. The number of aliphatic hydroxyl groups is 1. The Morgan fingerprint density at radius 2 is 1.55 bits per heavy atom. The molecule has 0 aromatic heterocycles. The number of hydrogen-bond donors (Lipinski definition) is 3. The van der Waals surface area contributed by atoms with E-state index in [2.05, 4.69) is 26.6 Å². The summed E-state index contributed by atoms with van der Waals surface area (Å²) < 4.78 is 26.1. The van der Waals surface area contributed by atoms with E-state index in [-0.39, 0.29) is 5.56 Å². The minimum Gasteiger partial charge on any atom is -0.465 e. The highest BCUT2D eigenvalue weighted by atomic mass is 79.9. The highest BCUT2D eigenvalue weighted by Crippen LogP contribution is 2.37. The number of nitrogens with one attached hydrogen (secondary N) is 2. The molecule has 2 amide bonds. The molecule has 3 N–H and O–H groups in total. The van der Waals surface area contributed by atoms with Crippen LogP contribution in [0, 0.1) is 0 Å². The fraction of sp³-hybridized carbons (Fsp3) is 0.520. The zero-order valence-electron chi connectivity index (χ0n) is 22.4. The van der Waals surface area contributed by atoms with E-state index in [0.29, 0.717) is 0 Å². The van der Waals surface area contributed by atoms with E-state index < -0.39 is 83.3 Å². The van der Waals surface area contributed by atoms with Crippen molar-refractivity contribution in [3.63, 3.8) is 0 Å². The van der Waals surface area contributed by atoms with Gasteiger partial charge in [-0.05, 0) is 12.1 Å². The topological polar surface area (TPSA) is 193 Å². The molecule has 1 saturated heterocycles. The molecule has 14 nitrogen and oxygen atoms in total. The normalized spacial score (nSPS) is 25.4. The van der Waals surface area contributed by atoms with E-state index in [1.807, 2.05) is 0 Å². The first-order chi connectivity index (χ1) is 18.7. The Hall–Kier alpha value is -3.56. The van der Waals surface area contributed by atoms with Crippen LogP contribution in [0.3, 0.4) is 0 Å². The Labute approximate surface area is 238 Å². The second kappa shape index (κ2) is 14.2. The number of amides is 2. The summed E-state index contributed by atoms with van der Waals surface area (Å²) >= 11 is 3.20. The summed E-state index contributed by atoms with van der Waals surface area (Å²) in [5.41, 5.74) is 0.206. The second-order valence-corrected chi connectivity index (χ2v) is 9.77. The molecule has 1 aliphatic heterocycles. The summed E-state index contributed by atoms with van der Waals surface area (Å²) in [6.45, 7) is 3.67. The summed E-state index contributed by atoms with van der Waals surface area (Å²) in [5.74, 6) is -7.96. The Bertz CT molecular complexity index is 1120. The maximum absolute atomic E-state index is 13.2. The molecule has 40 heavy (non-hydrogen) atoms. The van der Waals surface area contributed by atoms with Gasteiger partial charge in [0.15, 0.2) is 12.2 Å². The van der Waals surface area contributed by atoms with Crippen LogP contribution in [0.25, 0.3) is 0 Å². The summed E-state index contributed by atoms with van der Waals surface area (Å²) in [5, 5.41) is 16.6. The zero-order chi connectivity index (χ0) is 30.2. The van der Waals surface area contributed by atoms with Crippen molar-refractivity contribution >= 4 is 51.6 Å². The van der Waals surface area contributed by atoms with E-state index in [1.165, 1.54) is 12.1 Å². The van der Waals surface area contributed by atoms with Crippen LogP contribution in [0.1, 0.15) is 38.1 Å². The molecule has 0 saturated carbocycles. The van der Waals surface area contributed by atoms with Gasteiger partial charge in [-0.1, -0.05) is 34.1 Å². The van der Waals surface area contributed by atoms with Crippen molar-refractivity contribution in [1.29, 1.82) is 0 Å². The predicted molar refractivity (Wildman–Crippen MR) is 138 cm³/mol. The Kier molecular flexibility index (Phi) is 11.6. The van der Waals surface area contributed by atoms with Crippen LogP contribution in [0.15, 0.2) is 30.3 Å². The Balaban J connectivity index is 2.71. The molecule has 1 aliphatic rings. The molecule has 1 heterocycles. The number of halogens is 1. The van der Waals surface area contributed by atoms with Gasteiger partial charge in [-0.2, -0.15) is 0 Å². The van der Waals surface area contributed by atoms with Gasteiger partial charge in [-0.3, -0.25) is 24.0 Å². The van der Waals surface area contributed by atoms with Crippen LogP contribution < -0.4 is 10.6 Å². The van der Waals surface area contributed by atoms with E-state index in [1.54, 1.807) is 18.2 Å². The van der Waals surface area contributed by atoms with Crippen LogP contribution in [0.5, 0.6) is 0 Å². The third-order valence-electron chi connectivity index (χ3n) is 5.69. The lowest BCUT2D eigenvalue weighted by atomic mass is 9.86. The first-order valence-electron chi connectivity index (χ1n) is 11.9. The van der Waals surface area contributed by atoms with E-state index >= 15 is 0 Å². The summed E-state index contributed by atoms with van der Waals surface area (Å²) in [6, 6.07) is 5.26. The van der Waals surface area contributed by atoms with Gasteiger partial charge in [0.25, 0.3) is 11.7 Å². The summed E-state index contributed by atoms with van der Waals surface area (Å²) in [7, 11) is 0.974. The lowest BCUT2D eigenvalue weighted by molar-refractivity contribution is -0.283. The van der Waals surface area contributed by atoms with Gasteiger partial charge in [-0.15, -0.1) is 0 Å². The first-order valence-corrected chi connectivity index (χ1v) is 12.9. The van der Waals surface area contributed by atoms with Crippen molar-refractivity contribution in [1.82, 2.24) is 10.6 Å². The molecule has 220 valence electrons. The average Bonchev–Trinajstić information content (AvgIpc) is 2.88. The number of methoxy groups -OCH3 is 1. The van der Waals surface area contributed by atoms with Crippen molar-refractivity contribution in [3.8, 4) is 0 Å². The van der Waals surface area contributed by atoms with Crippen LogP contribution >= 0.6 is 15.9 Å². The van der Waals surface area contributed by atoms with Crippen molar-refractivity contribution < 1.29 is 57.6 Å². The van der Waals surface area contributed by atoms with Crippen molar-refractivity contribution in [2.45, 2.75) is 68.7 Å². The van der Waals surface area contributed by atoms with Crippen LogP contribution in [-0.2, 0) is 47.7 Å². The van der Waals surface area contributed by atoms with Gasteiger partial charge in [0, 0.05) is 33.3 Å². The van der Waals surface area contributed by atoms with E-state index in [0.717, 1.165) is 34.8 Å². The number of hydrogen-bond acceptors (Lipinski definition) is 12. The molecule has 7 atom stereocenters. The Morgan fingerprint density at radius 3 is 2.05 bits per heavy atom. The SMILES string of the molecule is COC(=O)[C@@]1(O)O[C@@H]([C@H](OC(C)=O)[C@@H](COC(C)=O)OC(C)=O)[C@H](NC(C)=O)[C@@H](NC(=O)c2ccccc2)[C@H]1Br. The lowest BCUT2D eigenvalue weighted by Gasteiger charge is -2.50. The number of carbonyl (C=O) groups excluding carboxylic acids is 6. The molecule has 0 aliphatic carbocycles. The van der Waals surface area contributed by atoms with Crippen molar-refractivity contribution in [2.24, 2.45) is 0 Å². The number of ether oxygens (including phenoxy) is 5. The predicted octanol–water partition coefficient (Wildman–Crippen LogP) is -0.260. The lowest BCUT2D eigenvalue weighted by Crippen LogP contribution is -2.75. The molecule has 0 bridgehead atoms. The third-order valence-corrected chi connectivity index (χ3v) is 6.88. The largest absolute Gasteiger partial charge is 0.465 e. The third kappa shape index (κ3) is 8.22. The van der Waals surface area contributed by atoms with Crippen molar-refractivity contribution in [2.75, 3.05) is 13.7 Å². The van der Waals surface area contributed by atoms with Gasteiger partial charge in [-0.25, -0.2) is 4.79 Å². The maximum Gasteiger partial charge on any atom is 0.367 e. The van der Waals surface area contributed by atoms with Gasteiger partial charge in [0.2, 0.25) is 5.91 Å². The Morgan fingerprint density at radius 1 is 0.950 bits per heavy atom. The van der Waals surface area contributed by atoms with Gasteiger partial charge in [0.1, 0.15) is 17.5 Å². The summed E-state index contributed by atoms with van der Waals surface area (Å²) in [6.07, 6.45) is -4.91. The molecule has 0 spiro atoms. The fourth-order valence-corrected chi connectivity index (χ4v) is 4.86. The molecular formula is C25H31BrN2O12. The number of alkyl halides is 1. The van der Waals surface area contributed by atoms with Crippen LogP contribution in [0.4, 0.5) is 0 Å². The second-order valence-electron chi connectivity index (χ2n) is 8.79. The molecule has 0 radical (unpaired) electrons. The minimum atomic E-state index is -2.83. The molecule has 15 heteroatoms. The van der Waals surface area contributed by atoms with Gasteiger partial charge in [0.05, 0.1) is 19.2 Å². The molecule has 1 aromatic carbocycles. The fourth-order valence-electron chi connectivity index (χ4n) is 4.10. The first kappa shape index (κ1) is 32.7. The monoisotopic (exact) mass is 630 g/mol. The minimum absolute atomic E-state index is 0.206.